The van der Waals surface area contributed by atoms with Gasteiger partial charge in [0.15, 0.2) is 10.8 Å². The van der Waals surface area contributed by atoms with Crippen molar-refractivity contribution in [3.63, 3.8) is 0 Å². The number of aryl methyl sites for hydroxylation is 1. The third kappa shape index (κ3) is 3.10. The minimum atomic E-state index is -1.06. The van der Waals surface area contributed by atoms with Gasteiger partial charge in [-0.1, -0.05) is 17.7 Å². The lowest BCUT2D eigenvalue weighted by Gasteiger charge is -2.08. The van der Waals surface area contributed by atoms with E-state index in [2.05, 4.69) is 15.5 Å². The van der Waals surface area contributed by atoms with Gasteiger partial charge in [0.2, 0.25) is 0 Å². The highest BCUT2D eigenvalue weighted by Crippen LogP contribution is 2.17. The van der Waals surface area contributed by atoms with Crippen LogP contribution in [0.4, 0.5) is 5.69 Å². The van der Waals surface area contributed by atoms with Gasteiger partial charge in [-0.25, -0.2) is 4.79 Å². The number of rotatable bonds is 3. The number of aromatic carboxylic acids is 1. The van der Waals surface area contributed by atoms with Crippen molar-refractivity contribution in [2.45, 2.75) is 6.92 Å². The largest absolute Gasteiger partial charge is 0.478 e. The zero-order valence-corrected chi connectivity index (χ0v) is 11.2. The van der Waals surface area contributed by atoms with Crippen LogP contribution in [0.15, 0.2) is 30.3 Å². The van der Waals surface area contributed by atoms with Crippen LogP contribution >= 0.6 is 11.6 Å². The van der Waals surface area contributed by atoms with Gasteiger partial charge in [0, 0.05) is 5.69 Å². The Labute approximate surface area is 119 Å². The summed E-state index contributed by atoms with van der Waals surface area (Å²) in [7, 11) is 0. The average molecular weight is 292 g/mol. The minimum absolute atomic E-state index is 0.0908. The summed E-state index contributed by atoms with van der Waals surface area (Å²) in [6.07, 6.45) is 0. The highest BCUT2D eigenvalue weighted by atomic mass is 35.5. The first kappa shape index (κ1) is 14.0. The first-order chi connectivity index (χ1) is 9.47. The number of hydrogen-bond acceptors (Lipinski definition) is 4. The molecule has 0 spiro atoms. The molecule has 0 aliphatic carbocycles. The van der Waals surface area contributed by atoms with Gasteiger partial charge in [-0.15, -0.1) is 10.2 Å². The molecule has 0 aliphatic rings. The van der Waals surface area contributed by atoms with Crippen molar-refractivity contribution in [2.75, 3.05) is 5.32 Å². The van der Waals surface area contributed by atoms with E-state index in [1.54, 1.807) is 13.0 Å². The molecule has 6 nitrogen and oxygen atoms in total. The Morgan fingerprint density at radius 2 is 1.95 bits per heavy atom. The fourth-order valence-corrected chi connectivity index (χ4v) is 1.61. The van der Waals surface area contributed by atoms with Crippen LogP contribution < -0.4 is 5.32 Å². The lowest BCUT2D eigenvalue weighted by Crippen LogP contribution is -2.15. The number of amides is 1. The summed E-state index contributed by atoms with van der Waals surface area (Å²) in [5.74, 6) is -1.55. The van der Waals surface area contributed by atoms with E-state index in [4.69, 9.17) is 16.7 Å². The van der Waals surface area contributed by atoms with Crippen LogP contribution in [0.5, 0.6) is 0 Å². The highest BCUT2D eigenvalue weighted by molar-refractivity contribution is 6.29. The van der Waals surface area contributed by atoms with Crippen molar-refractivity contribution in [2.24, 2.45) is 0 Å². The Balaban J connectivity index is 2.25. The van der Waals surface area contributed by atoms with Crippen LogP contribution in [0.3, 0.4) is 0 Å². The number of aromatic nitrogens is 2. The number of halogens is 1. The van der Waals surface area contributed by atoms with Gasteiger partial charge < -0.3 is 10.4 Å². The molecule has 0 saturated heterocycles. The molecule has 1 aromatic heterocycles. The molecule has 2 aromatic rings. The van der Waals surface area contributed by atoms with E-state index >= 15 is 0 Å². The summed E-state index contributed by atoms with van der Waals surface area (Å²) >= 11 is 5.59. The Bertz CT molecular complexity index is 671. The maximum Gasteiger partial charge on any atom is 0.335 e. The third-order valence-corrected chi connectivity index (χ3v) is 2.80. The Kier molecular flexibility index (Phi) is 3.95. The molecule has 1 heterocycles. The quantitative estimate of drug-likeness (QED) is 0.906. The second-order valence-electron chi connectivity index (χ2n) is 4.03. The number of carboxylic acids is 1. The van der Waals surface area contributed by atoms with E-state index in [-0.39, 0.29) is 16.4 Å². The Hall–Kier alpha value is -2.47. The molecule has 0 unspecified atom stereocenters. The lowest BCUT2D eigenvalue weighted by atomic mass is 10.1. The van der Waals surface area contributed by atoms with Crippen molar-refractivity contribution >= 4 is 29.2 Å². The van der Waals surface area contributed by atoms with Gasteiger partial charge in [-0.2, -0.15) is 0 Å². The molecule has 20 heavy (non-hydrogen) atoms. The van der Waals surface area contributed by atoms with Gasteiger partial charge in [-0.3, -0.25) is 4.79 Å². The number of carbonyl (C=O) groups excluding carboxylic acids is 1. The van der Waals surface area contributed by atoms with Crippen LogP contribution in [0.2, 0.25) is 5.15 Å². The molecule has 0 saturated carbocycles. The SMILES string of the molecule is Cc1ccc(C(=O)O)cc1NC(=O)c1ccc(Cl)nn1. The highest BCUT2D eigenvalue weighted by Gasteiger charge is 2.12. The van der Waals surface area contributed by atoms with E-state index in [1.165, 1.54) is 24.3 Å². The molecule has 2 rings (SSSR count). The topological polar surface area (TPSA) is 92.2 Å². The lowest BCUT2D eigenvalue weighted by molar-refractivity contribution is 0.0696. The third-order valence-electron chi connectivity index (χ3n) is 2.60. The summed E-state index contributed by atoms with van der Waals surface area (Å²) in [6.45, 7) is 1.76. The van der Waals surface area contributed by atoms with Crippen LogP contribution in [-0.2, 0) is 0 Å². The maximum atomic E-state index is 12.0. The molecule has 0 aliphatic heterocycles. The van der Waals surface area contributed by atoms with Crippen molar-refractivity contribution in [1.82, 2.24) is 10.2 Å². The van der Waals surface area contributed by atoms with Crippen LogP contribution in [-0.4, -0.2) is 27.2 Å². The summed E-state index contributed by atoms with van der Waals surface area (Å²) in [6, 6.07) is 7.35. The molecular formula is C13H10ClN3O3. The molecule has 0 fully saturated rings. The Morgan fingerprint density at radius 1 is 1.20 bits per heavy atom. The molecule has 102 valence electrons. The number of nitrogens with one attached hydrogen (secondary N) is 1. The fraction of sp³-hybridized carbons (Fsp3) is 0.0769. The summed E-state index contributed by atoms with van der Waals surface area (Å²) in [4.78, 5) is 22.9. The van der Waals surface area contributed by atoms with Gasteiger partial charge in [0.05, 0.1) is 5.56 Å². The second kappa shape index (κ2) is 5.66. The number of hydrogen-bond donors (Lipinski definition) is 2. The van der Waals surface area contributed by atoms with E-state index in [0.717, 1.165) is 5.56 Å². The second-order valence-corrected chi connectivity index (χ2v) is 4.42. The molecular weight excluding hydrogens is 282 g/mol. The first-order valence-electron chi connectivity index (χ1n) is 5.62. The van der Waals surface area contributed by atoms with Crippen molar-refractivity contribution in [1.29, 1.82) is 0 Å². The van der Waals surface area contributed by atoms with Crippen molar-refractivity contribution in [3.8, 4) is 0 Å². The molecule has 1 aromatic carbocycles. The molecule has 1 amide bonds. The number of anilines is 1. The van der Waals surface area contributed by atoms with E-state index < -0.39 is 11.9 Å². The van der Waals surface area contributed by atoms with E-state index in [9.17, 15) is 9.59 Å². The predicted molar refractivity (Wildman–Crippen MR) is 73.1 cm³/mol. The first-order valence-corrected chi connectivity index (χ1v) is 5.99. The van der Waals surface area contributed by atoms with Gasteiger partial charge in [0.25, 0.3) is 5.91 Å². The Morgan fingerprint density at radius 3 is 2.55 bits per heavy atom. The van der Waals surface area contributed by atoms with Gasteiger partial charge >= 0.3 is 5.97 Å². The van der Waals surface area contributed by atoms with E-state index in [1.807, 2.05) is 0 Å². The fourth-order valence-electron chi connectivity index (χ4n) is 1.51. The van der Waals surface area contributed by atoms with Crippen LogP contribution in [0, 0.1) is 6.92 Å². The average Bonchev–Trinajstić information content (AvgIpc) is 2.41. The summed E-state index contributed by atoms with van der Waals surface area (Å²) in [5, 5.41) is 18.9. The summed E-state index contributed by atoms with van der Waals surface area (Å²) in [5.41, 5.74) is 1.33. The zero-order chi connectivity index (χ0) is 14.7. The predicted octanol–water partition coefficient (Wildman–Crippen LogP) is 2.39. The molecule has 7 heteroatoms. The monoisotopic (exact) mass is 291 g/mol. The van der Waals surface area contributed by atoms with Gasteiger partial charge in [-0.05, 0) is 36.8 Å². The number of carboxylic acid groups (broad SMARTS) is 1. The van der Waals surface area contributed by atoms with Crippen molar-refractivity contribution < 1.29 is 14.7 Å². The normalized spacial score (nSPS) is 10.1. The number of carbonyl (C=O) groups is 2. The maximum absolute atomic E-state index is 12.0. The zero-order valence-electron chi connectivity index (χ0n) is 10.4. The van der Waals surface area contributed by atoms with Crippen LogP contribution in [0.25, 0.3) is 0 Å². The smallest absolute Gasteiger partial charge is 0.335 e. The molecule has 2 N–H and O–H groups in total. The van der Waals surface area contributed by atoms with E-state index in [0.29, 0.717) is 5.69 Å². The number of nitrogens with zero attached hydrogens (tertiary/aromatic N) is 2. The molecule has 0 atom stereocenters. The van der Waals surface area contributed by atoms with Crippen LogP contribution in [0.1, 0.15) is 26.4 Å². The molecule has 0 radical (unpaired) electrons. The van der Waals surface area contributed by atoms with Gasteiger partial charge in [0.1, 0.15) is 0 Å². The molecule has 0 bridgehead atoms. The summed E-state index contributed by atoms with van der Waals surface area (Å²) < 4.78 is 0. The number of benzene rings is 1. The minimum Gasteiger partial charge on any atom is -0.478 e. The van der Waals surface area contributed by atoms with Crippen molar-refractivity contribution in [3.05, 3.63) is 52.3 Å². The standard InChI is InChI=1S/C13H10ClN3O3/c1-7-2-3-8(13(19)20)6-10(7)15-12(18)9-4-5-11(14)17-16-9/h2-6H,1H3,(H,15,18)(H,19,20).